The second-order valence-corrected chi connectivity index (χ2v) is 32.0. The molecule has 0 amide bonds. The predicted molar refractivity (Wildman–Crippen MR) is 380 cm³/mol. The number of aliphatic carboxylic acids is 1. The van der Waals surface area contributed by atoms with Gasteiger partial charge in [0.1, 0.15) is 54.0 Å². The molecule has 0 aliphatic carbocycles. The number of nitrogens with zero attached hydrogens (tertiary/aromatic N) is 4. The number of carboxylic acids is 1. The number of hydrogen-bond donors (Lipinski definition) is 4. The van der Waals surface area contributed by atoms with Crippen LogP contribution in [0.1, 0.15) is 89.9 Å². The maximum Gasteiger partial charge on any atom is 0.325 e. The third-order valence-corrected chi connectivity index (χ3v) is 25.1. The van der Waals surface area contributed by atoms with E-state index in [2.05, 4.69) is 9.44 Å². The summed E-state index contributed by atoms with van der Waals surface area (Å²) in [6, 6.07) is 39.3. The minimum atomic E-state index is -3.58. The summed E-state index contributed by atoms with van der Waals surface area (Å²) >= 11 is 0. The van der Waals surface area contributed by atoms with Crippen molar-refractivity contribution in [2.24, 2.45) is 0 Å². The molecule has 10 aromatic rings. The highest BCUT2D eigenvalue weighted by atomic mass is 32.2. The van der Waals surface area contributed by atoms with Gasteiger partial charge < -0.3 is 43.0 Å². The van der Waals surface area contributed by atoms with E-state index in [4.69, 9.17) is 23.7 Å². The molecule has 0 unspecified atom stereocenters. The number of carboxylic acid groups (broad SMARTS) is 1. The summed E-state index contributed by atoms with van der Waals surface area (Å²) in [6.45, 7) is 6.90. The number of hydrogen-bond acceptors (Lipinski definition) is 17. The Morgan fingerprint density at radius 2 is 0.952 bits per heavy atom. The van der Waals surface area contributed by atoms with Crippen molar-refractivity contribution < 1.29 is 90.7 Å². The maximum atomic E-state index is 14.0. The Kier molecular flexibility index (Phi) is 22.3. The van der Waals surface area contributed by atoms with Crippen molar-refractivity contribution in [2.45, 2.75) is 112 Å². The van der Waals surface area contributed by atoms with E-state index in [1.807, 2.05) is 30.5 Å². The zero-order valence-electron chi connectivity index (χ0n) is 57.5. The number of methoxy groups -OCH3 is 4. The Morgan fingerprint density at radius 3 is 1.38 bits per heavy atom. The first-order valence-electron chi connectivity index (χ1n) is 32.4. The number of halogens is 2. The number of esters is 1. The van der Waals surface area contributed by atoms with Gasteiger partial charge in [0.25, 0.3) is 0 Å². The Labute approximate surface area is 600 Å². The highest BCUT2D eigenvalue weighted by molar-refractivity contribution is 7.90. The molecule has 0 saturated carbocycles. The standard InChI is InChI=1S/C21H21FN2O4S.C19H17FN2O4S.C17H19NO5S.C17H17NO5S/c1-3-28-21(25)12-24-13(2)17(18-10-16(22)5-6-19(18)24)9-14-4-7-20-15(8-14)11-23-29(20,26)27;1-11-15(7-12-2-5-18-13(6-12)9-21-27(18,25)26)16-8-14(20)3-4-17(16)22(11)10-19(23)24;2*1-22-15-5-4-13(16(8-15)23-2)9-18-10-14-7-12(11-19)3-6-17(14)24(18,20)21/h4-8,10,23H,3,9,11-12H2,1-2H3;2-6,8,21H,7,9-10H2,1H3,(H,23,24);3-8,19H,9-11H2,1-2H3;3-8,11H,9-10H2,1-2H3. The summed E-state index contributed by atoms with van der Waals surface area (Å²) < 4.78 is 164. The summed E-state index contributed by atoms with van der Waals surface area (Å²) in [5.41, 5.74) is 12.0. The fourth-order valence-electron chi connectivity index (χ4n) is 13.2. The Morgan fingerprint density at radius 1 is 0.519 bits per heavy atom. The van der Waals surface area contributed by atoms with E-state index in [1.165, 1.54) is 52.1 Å². The normalized spacial score (nSPS) is 15.4. The summed E-state index contributed by atoms with van der Waals surface area (Å²) in [7, 11) is -7.77. The van der Waals surface area contributed by atoms with Crippen molar-refractivity contribution in [3.8, 4) is 23.0 Å². The lowest BCUT2D eigenvalue weighted by molar-refractivity contribution is -0.143. The molecule has 6 heterocycles. The number of carbonyl (C=O) groups is 3. The van der Waals surface area contributed by atoms with Gasteiger partial charge in [0, 0.05) is 101 Å². The van der Waals surface area contributed by atoms with Gasteiger partial charge in [-0.3, -0.25) is 14.4 Å². The van der Waals surface area contributed by atoms with Crippen molar-refractivity contribution in [3.05, 3.63) is 235 Å². The zero-order valence-corrected chi connectivity index (χ0v) is 60.8. The molecule has 0 bridgehead atoms. The molecule has 2 aromatic heterocycles. The summed E-state index contributed by atoms with van der Waals surface area (Å²) in [5, 5.41) is 19.8. The molecule has 30 heteroatoms. The molecule has 0 radical (unpaired) electrons. The lowest BCUT2D eigenvalue weighted by atomic mass is 10.0. The third-order valence-electron chi connectivity index (χ3n) is 18.4. The molecule has 0 saturated heterocycles. The first-order chi connectivity index (χ1) is 49.5. The molecule has 4 aliphatic heterocycles. The Balaban J connectivity index is 0.000000139. The molecule has 0 spiro atoms. The monoisotopic (exact) mass is 1500 g/mol. The molecular formula is C74H74F2N6O18S4. The van der Waals surface area contributed by atoms with E-state index in [1.54, 1.807) is 130 Å². The van der Waals surface area contributed by atoms with E-state index < -0.39 is 46.1 Å². The molecule has 24 nitrogen and oxygen atoms in total. The van der Waals surface area contributed by atoms with Crippen LogP contribution in [0.25, 0.3) is 21.8 Å². The average Bonchev–Trinajstić information content (AvgIpc) is 1.63. The van der Waals surface area contributed by atoms with Crippen LogP contribution in [0.2, 0.25) is 0 Å². The number of carbonyl (C=O) groups excluding carboxylic acids is 2. The van der Waals surface area contributed by atoms with Crippen LogP contribution in [0.3, 0.4) is 0 Å². The van der Waals surface area contributed by atoms with Crippen molar-refractivity contribution >= 4 is 80.1 Å². The highest BCUT2D eigenvalue weighted by Crippen LogP contribution is 2.39. The van der Waals surface area contributed by atoms with Crippen LogP contribution >= 0.6 is 0 Å². The van der Waals surface area contributed by atoms with Crippen molar-refractivity contribution in [2.75, 3.05) is 35.0 Å². The smallest absolute Gasteiger partial charge is 0.325 e. The van der Waals surface area contributed by atoms with Crippen LogP contribution in [0.5, 0.6) is 23.0 Å². The van der Waals surface area contributed by atoms with Crippen LogP contribution in [0, 0.1) is 25.5 Å². The van der Waals surface area contributed by atoms with Gasteiger partial charge in [-0.05, 0) is 163 Å². The highest BCUT2D eigenvalue weighted by Gasteiger charge is 2.37. The number of benzene rings is 8. The first kappa shape index (κ1) is 75.3. The van der Waals surface area contributed by atoms with E-state index in [-0.39, 0.29) is 86.4 Å². The van der Waals surface area contributed by atoms with E-state index in [0.717, 1.165) is 61.2 Å². The second-order valence-electron chi connectivity index (χ2n) is 24.7. The van der Waals surface area contributed by atoms with Crippen LogP contribution < -0.4 is 28.4 Å². The van der Waals surface area contributed by atoms with Gasteiger partial charge in [-0.2, -0.15) is 8.61 Å². The van der Waals surface area contributed by atoms with Crippen LogP contribution in [-0.4, -0.2) is 115 Å². The number of aromatic nitrogens is 2. The molecule has 546 valence electrons. The summed E-state index contributed by atoms with van der Waals surface area (Å²) in [6.07, 6.45) is 1.66. The number of aldehydes is 1. The number of sulfonamides is 4. The molecule has 8 aromatic carbocycles. The van der Waals surface area contributed by atoms with Gasteiger partial charge in [0.2, 0.25) is 40.1 Å². The number of fused-ring (bicyclic) bond motifs is 6. The number of aliphatic hydroxyl groups excluding tert-OH is 1. The number of ether oxygens (including phenoxy) is 5. The van der Waals surface area contributed by atoms with E-state index in [9.17, 15) is 67.0 Å². The number of rotatable bonds is 19. The van der Waals surface area contributed by atoms with Crippen LogP contribution in [-0.2, 0) is 126 Å². The van der Waals surface area contributed by atoms with Crippen LogP contribution in [0.4, 0.5) is 8.78 Å². The average molecular weight is 1500 g/mol. The van der Waals surface area contributed by atoms with Gasteiger partial charge in [0.15, 0.2) is 0 Å². The maximum absolute atomic E-state index is 14.0. The first-order valence-corrected chi connectivity index (χ1v) is 38.3. The van der Waals surface area contributed by atoms with Crippen molar-refractivity contribution in [1.82, 2.24) is 27.2 Å². The van der Waals surface area contributed by atoms with Crippen LogP contribution in [0.15, 0.2) is 165 Å². The van der Waals surface area contributed by atoms with Gasteiger partial charge in [0.05, 0.1) is 61.2 Å². The lowest BCUT2D eigenvalue weighted by Gasteiger charge is -2.17. The lowest BCUT2D eigenvalue weighted by Crippen LogP contribution is -2.24. The molecular weight excluding hydrogens is 1430 g/mol. The SMILES string of the molecule is CCOC(=O)Cn1c(C)c(Cc2ccc3c(c2)CNS3(=O)=O)c2cc(F)ccc21.COc1ccc(CN2Cc3cc(C=O)ccc3S2(=O)=O)c(OC)c1.COc1ccc(CN2Cc3cc(CO)ccc3S2(=O)=O)c(OC)c1.Cc1c(Cc2ccc3c(c2)CNS3(=O)=O)c2cc(F)ccc2n1CC(=O)O. The molecule has 0 fully saturated rings. The van der Waals surface area contributed by atoms with Gasteiger partial charge in [-0.25, -0.2) is 51.9 Å². The number of nitrogens with one attached hydrogen (secondary N) is 2. The van der Waals surface area contributed by atoms with Gasteiger partial charge in [-0.1, -0.05) is 54.6 Å². The van der Waals surface area contributed by atoms with Crippen molar-refractivity contribution in [3.63, 3.8) is 0 Å². The molecule has 0 atom stereocenters. The summed E-state index contributed by atoms with van der Waals surface area (Å²) in [4.78, 5) is 35.3. The second kappa shape index (κ2) is 30.8. The molecule has 4 N–H and O–H groups in total. The minimum absolute atomic E-state index is 0.0498. The molecule has 104 heavy (non-hydrogen) atoms. The third kappa shape index (κ3) is 15.6. The predicted octanol–water partition coefficient (Wildman–Crippen LogP) is 9.71. The van der Waals surface area contributed by atoms with E-state index >= 15 is 0 Å². The number of aliphatic hydroxyl groups is 1. The fourth-order valence-corrected chi connectivity index (χ4v) is 18.8. The largest absolute Gasteiger partial charge is 0.497 e. The minimum Gasteiger partial charge on any atom is -0.497 e. The Hall–Kier alpha value is -9.89. The Bertz CT molecular complexity index is 5530. The summed E-state index contributed by atoms with van der Waals surface area (Å²) in [5.74, 6) is 0.369. The zero-order chi connectivity index (χ0) is 74.7. The fraction of sp³-hybridized carbons (Fsp3) is 0.257. The van der Waals surface area contributed by atoms with Crippen molar-refractivity contribution in [1.29, 1.82) is 0 Å². The van der Waals surface area contributed by atoms with Gasteiger partial charge >= 0.3 is 11.9 Å². The molecule has 4 aliphatic rings. The molecule has 14 rings (SSSR count). The quantitative estimate of drug-likeness (QED) is 0.0432. The topological polar surface area (TPSA) is 315 Å². The van der Waals surface area contributed by atoms with E-state index in [0.29, 0.717) is 97.2 Å². The van der Waals surface area contributed by atoms with Gasteiger partial charge in [-0.15, -0.1) is 0 Å².